The van der Waals surface area contributed by atoms with E-state index in [-0.39, 0.29) is 44.2 Å². The van der Waals surface area contributed by atoms with Crippen LogP contribution in [0.2, 0.25) is 0 Å². The summed E-state index contributed by atoms with van der Waals surface area (Å²) in [7, 11) is -14.2. The number of aryl methyl sites for hydroxylation is 4. The van der Waals surface area contributed by atoms with Crippen molar-refractivity contribution in [2.24, 2.45) is 0 Å². The predicted molar refractivity (Wildman–Crippen MR) is 299 cm³/mol. The number of benzene rings is 6. The molecule has 0 aliphatic carbocycles. The fraction of sp³-hybridized carbons (Fsp3) is 0.345. The molecule has 0 aliphatic rings. The molecule has 6 aromatic rings. The Kier molecular flexibility index (Phi) is 16.0. The highest BCUT2D eigenvalue weighted by Crippen LogP contribution is 2.44. The van der Waals surface area contributed by atoms with Crippen molar-refractivity contribution in [3.63, 3.8) is 0 Å². The lowest BCUT2D eigenvalue weighted by Crippen LogP contribution is -2.21. The van der Waals surface area contributed by atoms with E-state index in [1.54, 1.807) is 82.3 Å². The van der Waals surface area contributed by atoms with E-state index in [2.05, 4.69) is 16.0 Å². The average molecular weight is 1080 g/mol. The van der Waals surface area contributed by atoms with E-state index in [4.69, 9.17) is 0 Å². The Bertz CT molecular complexity index is 3440. The molecule has 0 saturated heterocycles. The lowest BCUT2D eigenvalue weighted by Gasteiger charge is -2.28. The summed E-state index contributed by atoms with van der Waals surface area (Å²) in [6.45, 7) is 29.5. The molecule has 0 unspecified atom stereocenters. The topological polar surface area (TPSA) is 236 Å². The van der Waals surface area contributed by atoms with Crippen molar-refractivity contribution in [1.29, 1.82) is 0 Å². The zero-order valence-electron chi connectivity index (χ0n) is 45.5. The number of phenolic OH excluding ortho intramolecular Hbond substituents is 1. The van der Waals surface area contributed by atoms with Crippen molar-refractivity contribution in [3.8, 4) is 5.75 Å². The number of amides is 1. The molecule has 0 bridgehead atoms. The van der Waals surface area contributed by atoms with Gasteiger partial charge in [0.15, 0.2) is 0 Å². The lowest BCUT2D eigenvalue weighted by atomic mass is 9.78. The molecular formula is C58H70N3O11S3+. The Labute approximate surface area is 443 Å². The molecule has 6 rings (SSSR count). The second-order valence-electron chi connectivity index (χ2n) is 22.2. The normalized spacial score (nSPS) is 12.6. The summed E-state index contributed by atoms with van der Waals surface area (Å²) in [4.78, 5) is 13.3. The number of aromatic hydroxyl groups is 1. The van der Waals surface area contributed by atoms with Crippen LogP contribution in [0.25, 0.3) is 0 Å². The Balaban J connectivity index is 1.59. The average Bonchev–Trinajstić information content (AvgIpc) is 3.25. The molecule has 0 aromatic heterocycles. The fourth-order valence-electron chi connectivity index (χ4n) is 10.0. The van der Waals surface area contributed by atoms with Gasteiger partial charge in [0, 0.05) is 45.3 Å². The first-order chi connectivity index (χ1) is 34.3. The Morgan fingerprint density at radius 2 is 0.933 bits per heavy atom. The summed E-state index contributed by atoms with van der Waals surface area (Å²) in [6.07, 6.45) is 0. The largest absolute Gasteiger partial charge is 0.507 e. The van der Waals surface area contributed by atoms with E-state index in [9.17, 15) is 48.8 Å². The van der Waals surface area contributed by atoms with Crippen LogP contribution in [0.3, 0.4) is 0 Å². The first-order valence-electron chi connectivity index (χ1n) is 24.5. The van der Waals surface area contributed by atoms with Crippen LogP contribution in [0.5, 0.6) is 5.75 Å². The van der Waals surface area contributed by atoms with Crippen LogP contribution in [-0.4, -0.2) is 49.9 Å². The quantitative estimate of drug-likeness (QED) is 0.0306. The minimum Gasteiger partial charge on any atom is -0.507 e. The van der Waals surface area contributed by atoms with Crippen LogP contribution in [0.15, 0.2) is 93.5 Å². The van der Waals surface area contributed by atoms with Crippen molar-refractivity contribution in [2.45, 2.75) is 148 Å². The molecule has 1 amide bonds. The van der Waals surface area contributed by atoms with Gasteiger partial charge in [0.25, 0.3) is 26.1 Å². The van der Waals surface area contributed by atoms with E-state index in [1.165, 1.54) is 12.1 Å². The highest BCUT2D eigenvalue weighted by molar-refractivity contribution is 7.86. The number of anilines is 5. The number of nitrogens with one attached hydrogen (secondary N) is 3. The van der Waals surface area contributed by atoms with Crippen LogP contribution in [-0.2, 0) is 41.2 Å². The monoisotopic (exact) mass is 1080 g/mol. The van der Waals surface area contributed by atoms with Gasteiger partial charge in [-0.25, -0.2) is 0 Å². The van der Waals surface area contributed by atoms with Crippen molar-refractivity contribution >= 4 is 64.7 Å². The van der Waals surface area contributed by atoms with Gasteiger partial charge in [0.05, 0.1) is 39.7 Å². The molecule has 7 N–H and O–H groups in total. The molecule has 400 valence electrons. The van der Waals surface area contributed by atoms with Crippen molar-refractivity contribution in [2.75, 3.05) is 16.0 Å². The van der Waals surface area contributed by atoms with Crippen molar-refractivity contribution < 1.29 is 48.8 Å². The molecule has 0 aliphatic heterocycles. The lowest BCUT2D eigenvalue weighted by molar-refractivity contribution is 0.102. The van der Waals surface area contributed by atoms with Crippen LogP contribution >= 0.6 is 0 Å². The number of hydrogen-bond acceptors (Lipinski definition) is 10. The first kappa shape index (κ1) is 58.1. The van der Waals surface area contributed by atoms with Gasteiger partial charge in [0.1, 0.15) is 20.4 Å². The van der Waals surface area contributed by atoms with E-state index >= 15 is 0 Å². The third-order valence-corrected chi connectivity index (χ3v) is 16.7. The molecule has 0 spiro atoms. The maximum absolute atomic E-state index is 14.2. The summed E-state index contributed by atoms with van der Waals surface area (Å²) in [5.74, 6) is -0.478. The Hall–Kier alpha value is -6.21. The zero-order valence-corrected chi connectivity index (χ0v) is 48.0. The van der Waals surface area contributed by atoms with Crippen LogP contribution in [0.4, 0.5) is 28.4 Å². The van der Waals surface area contributed by atoms with Gasteiger partial charge in [-0.15, -0.1) is 0 Å². The summed E-state index contributed by atoms with van der Waals surface area (Å²) in [5, 5.41) is 21.0. The van der Waals surface area contributed by atoms with Crippen LogP contribution in [0.1, 0.15) is 164 Å². The molecule has 0 atom stereocenters. The highest BCUT2D eigenvalue weighted by Gasteiger charge is 2.34. The molecule has 0 radical (unpaired) electrons. The van der Waals surface area contributed by atoms with E-state index in [1.807, 2.05) is 95.2 Å². The summed E-state index contributed by atoms with van der Waals surface area (Å²) in [5.41, 5.74) is 7.94. The van der Waals surface area contributed by atoms with E-state index in [0.29, 0.717) is 73.2 Å². The van der Waals surface area contributed by atoms with E-state index in [0.717, 1.165) is 22.3 Å². The first-order valence-corrected chi connectivity index (χ1v) is 28.8. The number of rotatable bonds is 14. The molecule has 17 heteroatoms. The second-order valence-corrected chi connectivity index (χ2v) is 26.3. The van der Waals surface area contributed by atoms with Gasteiger partial charge in [-0.3, -0.25) is 18.5 Å². The third-order valence-electron chi connectivity index (χ3n) is 13.5. The summed E-state index contributed by atoms with van der Waals surface area (Å²) >= 11 is 0. The number of carbonyl (C=O) groups is 1. The minimum absolute atomic E-state index is 0.0597. The minimum atomic E-state index is -5.05. The molecule has 0 saturated carbocycles. The Morgan fingerprint density at radius 3 is 1.28 bits per heavy atom. The van der Waals surface area contributed by atoms with Crippen molar-refractivity contribution in [3.05, 3.63) is 163 Å². The third kappa shape index (κ3) is 12.2. The molecular weight excluding hydrogens is 1010 g/mol. The number of hydrogen-bond donors (Lipinski definition) is 7. The standard InChI is InChI=1S/C58H69N3O11S3/c1-30(2)43-25-38(17-21-47(43)60-51-32(5)23-34(7)54(36(51)9)74(67,68)69)50(39-18-22-48(44(26-39)31(3)4)61-52-33(6)24-35(8)55(37(52)10)75(70,71)72)42-20-19-41(29-49(42)73(64,65)66)59-56(63)40-27-45(57(11,12)13)53(62)46(28-40)58(14,15)16/h17-31,60-61H,1-16H3,(H4-,59,62,63,64,65,66,67,68,69,70,71,72)/p+1. The van der Waals surface area contributed by atoms with Gasteiger partial charge >= 0.3 is 10.1 Å². The molecule has 75 heavy (non-hydrogen) atoms. The number of carbonyl (C=O) groups excluding carboxylic acids is 1. The van der Waals surface area contributed by atoms with Gasteiger partial charge in [-0.1, -0.05) is 81.4 Å². The van der Waals surface area contributed by atoms with Crippen LogP contribution in [0, 0.1) is 47.5 Å². The second kappa shape index (κ2) is 20.7. The number of phenols is 1. The molecule has 0 heterocycles. The SMILES string of the molecule is Cc1cc(C)c(S(=O)(=O)O)c(C)c1Nc1ccc([C+](c2ccc(Nc3c(C)cc(C)c(S(=O)(=O)O)c3C)c(C(C)C)c2)c2ccc(NC(=O)c3cc(C(C)(C)C)c(O)c(C(C)(C)C)c3)cc2S(=O)(=O)O)cc1C(C)C. The molecule has 6 aromatic carbocycles. The van der Waals surface area contributed by atoms with Gasteiger partial charge < -0.3 is 21.1 Å². The summed E-state index contributed by atoms with van der Waals surface area (Å²) in [6, 6.07) is 21.7. The summed E-state index contributed by atoms with van der Waals surface area (Å²) < 4.78 is 109. The molecule has 0 fully saturated rings. The van der Waals surface area contributed by atoms with E-state index < -0.39 is 52.0 Å². The Morgan fingerprint density at radius 1 is 0.533 bits per heavy atom. The van der Waals surface area contributed by atoms with Gasteiger partial charge in [0.2, 0.25) is 0 Å². The predicted octanol–water partition coefficient (Wildman–Crippen LogP) is 13.6. The zero-order chi connectivity index (χ0) is 56.4. The van der Waals surface area contributed by atoms with Gasteiger partial charge in [-0.2, -0.15) is 25.3 Å². The fourth-order valence-corrected chi connectivity index (χ4v) is 12.6. The van der Waals surface area contributed by atoms with Gasteiger partial charge in [-0.05, 0) is 158 Å². The highest BCUT2D eigenvalue weighted by atomic mass is 32.2. The smallest absolute Gasteiger partial charge is 0.315 e. The van der Waals surface area contributed by atoms with Crippen molar-refractivity contribution in [1.82, 2.24) is 0 Å². The van der Waals surface area contributed by atoms with Crippen LogP contribution < -0.4 is 16.0 Å². The maximum Gasteiger partial charge on any atom is 0.315 e. The maximum atomic E-state index is 14.2. The molecule has 14 nitrogen and oxygen atoms in total.